The molecule has 1 N–H and O–H groups in total. The highest BCUT2D eigenvalue weighted by Crippen LogP contribution is 2.35. The topological polar surface area (TPSA) is 54.4 Å². The van der Waals surface area contributed by atoms with Crippen molar-refractivity contribution in [2.45, 2.75) is 27.2 Å². The summed E-state index contributed by atoms with van der Waals surface area (Å²) in [6.45, 7) is 5.55. The van der Waals surface area contributed by atoms with E-state index in [4.69, 9.17) is 5.11 Å². The van der Waals surface area contributed by atoms with Crippen molar-refractivity contribution in [3.63, 3.8) is 0 Å². The predicted molar refractivity (Wildman–Crippen MR) is 77.0 cm³/mol. The second-order valence-corrected chi connectivity index (χ2v) is 6.61. The van der Waals surface area contributed by atoms with Crippen LogP contribution in [0, 0.1) is 5.41 Å². The Balaban J connectivity index is 2.65. The molecule has 0 aliphatic rings. The third-order valence-corrected chi connectivity index (χ3v) is 4.13. The molecule has 1 aromatic heterocycles. The first-order chi connectivity index (χ1) is 8.80. The van der Waals surface area contributed by atoms with E-state index in [-0.39, 0.29) is 12.2 Å². The van der Waals surface area contributed by atoms with Crippen molar-refractivity contribution in [3.05, 3.63) is 34.7 Å². The number of aliphatic carboxylic acids is 1. The number of carbonyl (C=O) groups is 2. The van der Waals surface area contributed by atoms with E-state index in [9.17, 15) is 9.59 Å². The van der Waals surface area contributed by atoms with Gasteiger partial charge in [-0.1, -0.05) is 39.0 Å². The van der Waals surface area contributed by atoms with Crippen LogP contribution < -0.4 is 0 Å². The number of thiophene rings is 1. The predicted octanol–water partition coefficient (Wildman–Crippen LogP) is 3.76. The molecule has 0 spiro atoms. The number of carboxylic acid groups (broad SMARTS) is 1. The first-order valence-corrected chi connectivity index (χ1v) is 6.89. The number of ketones is 1. The zero-order valence-electron chi connectivity index (χ0n) is 11.2. The quantitative estimate of drug-likeness (QED) is 0.868. The van der Waals surface area contributed by atoms with Crippen molar-refractivity contribution in [1.82, 2.24) is 0 Å². The van der Waals surface area contributed by atoms with E-state index >= 15 is 0 Å². The van der Waals surface area contributed by atoms with Crippen molar-refractivity contribution in [2.24, 2.45) is 5.41 Å². The van der Waals surface area contributed by atoms with Crippen molar-refractivity contribution in [3.8, 4) is 0 Å². The zero-order valence-corrected chi connectivity index (χ0v) is 12.0. The Kier molecular flexibility index (Phi) is 3.45. The summed E-state index contributed by atoms with van der Waals surface area (Å²) in [7, 11) is 0. The number of hydrogen-bond donors (Lipinski definition) is 1. The van der Waals surface area contributed by atoms with E-state index in [1.807, 2.05) is 45.0 Å². The van der Waals surface area contributed by atoms with Crippen LogP contribution in [0.25, 0.3) is 10.1 Å². The molecule has 0 atom stereocenters. The minimum absolute atomic E-state index is 0.00458. The van der Waals surface area contributed by atoms with Gasteiger partial charge in [-0.2, -0.15) is 0 Å². The lowest BCUT2D eigenvalue weighted by Crippen LogP contribution is -2.20. The highest BCUT2D eigenvalue weighted by atomic mass is 32.1. The Labute approximate surface area is 115 Å². The highest BCUT2D eigenvalue weighted by molar-refractivity contribution is 7.21. The summed E-state index contributed by atoms with van der Waals surface area (Å²) in [5, 5.41) is 9.92. The molecule has 2 rings (SSSR count). The van der Waals surface area contributed by atoms with Gasteiger partial charge >= 0.3 is 5.97 Å². The summed E-state index contributed by atoms with van der Waals surface area (Å²) in [6, 6.07) is 7.56. The highest BCUT2D eigenvalue weighted by Gasteiger charge is 2.28. The lowest BCUT2D eigenvalue weighted by atomic mass is 9.88. The smallest absolute Gasteiger partial charge is 0.307 e. The molecule has 0 saturated carbocycles. The molecule has 0 unspecified atom stereocenters. The molecular formula is C15H16O3S. The molecule has 19 heavy (non-hydrogen) atoms. The normalized spacial score (nSPS) is 11.7. The van der Waals surface area contributed by atoms with Crippen molar-refractivity contribution in [2.75, 3.05) is 0 Å². The van der Waals surface area contributed by atoms with Crippen molar-refractivity contribution in [1.29, 1.82) is 0 Å². The van der Waals surface area contributed by atoms with Gasteiger partial charge in [0.05, 0.1) is 11.3 Å². The van der Waals surface area contributed by atoms with E-state index in [0.717, 1.165) is 10.1 Å². The van der Waals surface area contributed by atoms with Gasteiger partial charge in [0.2, 0.25) is 0 Å². The lowest BCUT2D eigenvalue weighted by molar-refractivity contribution is -0.136. The minimum Gasteiger partial charge on any atom is -0.481 e. The molecule has 0 aliphatic heterocycles. The Morgan fingerprint density at radius 1 is 1.21 bits per heavy atom. The van der Waals surface area contributed by atoms with E-state index < -0.39 is 11.4 Å². The number of fused-ring (bicyclic) bond motifs is 1. The van der Waals surface area contributed by atoms with Crippen LogP contribution in [0.1, 0.15) is 36.0 Å². The number of hydrogen-bond acceptors (Lipinski definition) is 3. The van der Waals surface area contributed by atoms with Gasteiger partial charge in [0.1, 0.15) is 0 Å². The number of carbonyl (C=O) groups excluding carboxylic acids is 1. The molecule has 3 nitrogen and oxygen atoms in total. The van der Waals surface area contributed by atoms with Gasteiger partial charge in [-0.25, -0.2) is 0 Å². The van der Waals surface area contributed by atoms with Crippen molar-refractivity contribution < 1.29 is 14.7 Å². The molecule has 0 fully saturated rings. The summed E-state index contributed by atoms with van der Waals surface area (Å²) < 4.78 is 0.964. The molecule has 0 radical (unpaired) electrons. The fraction of sp³-hybridized carbons (Fsp3) is 0.333. The van der Waals surface area contributed by atoms with Crippen LogP contribution in [-0.4, -0.2) is 16.9 Å². The summed E-state index contributed by atoms with van der Waals surface area (Å²) >= 11 is 1.39. The third kappa shape index (κ3) is 2.68. The van der Waals surface area contributed by atoms with Crippen molar-refractivity contribution >= 4 is 33.2 Å². The maximum Gasteiger partial charge on any atom is 0.307 e. The molecule has 1 aromatic carbocycles. The van der Waals surface area contributed by atoms with E-state index in [2.05, 4.69) is 0 Å². The number of Topliss-reactive ketones (excluding diaryl/α,β-unsaturated/α-hetero) is 1. The summed E-state index contributed by atoms with van der Waals surface area (Å²) in [5.41, 5.74) is 0.140. The van der Waals surface area contributed by atoms with Crippen LogP contribution in [0.15, 0.2) is 24.3 Å². The first-order valence-electron chi connectivity index (χ1n) is 6.07. The maximum absolute atomic E-state index is 12.5. The van der Waals surface area contributed by atoms with E-state index in [1.165, 1.54) is 11.3 Å². The van der Waals surface area contributed by atoms with Gasteiger partial charge in [0.15, 0.2) is 5.78 Å². The maximum atomic E-state index is 12.5. The Bertz CT molecular complexity index is 647. The average Bonchev–Trinajstić information content (AvgIpc) is 2.65. The molecule has 2 aromatic rings. The van der Waals surface area contributed by atoms with E-state index in [0.29, 0.717) is 10.4 Å². The molecular weight excluding hydrogens is 260 g/mol. The van der Waals surface area contributed by atoms with Crippen LogP contribution in [0.5, 0.6) is 0 Å². The molecule has 1 heterocycles. The van der Waals surface area contributed by atoms with Gasteiger partial charge in [-0.15, -0.1) is 11.3 Å². The fourth-order valence-electron chi connectivity index (χ4n) is 1.95. The number of carboxylic acids is 1. The molecule has 0 saturated heterocycles. The van der Waals surface area contributed by atoms with Crippen LogP contribution in [0.3, 0.4) is 0 Å². The Morgan fingerprint density at radius 3 is 2.42 bits per heavy atom. The van der Waals surface area contributed by atoms with Gasteiger partial charge in [-0.05, 0) is 17.0 Å². The summed E-state index contributed by atoms with van der Waals surface area (Å²) in [5.74, 6) is -0.906. The summed E-state index contributed by atoms with van der Waals surface area (Å²) in [6.07, 6.45) is -0.110. The number of rotatable bonds is 3. The van der Waals surface area contributed by atoms with Crippen LogP contribution in [-0.2, 0) is 11.2 Å². The largest absolute Gasteiger partial charge is 0.481 e. The Hall–Kier alpha value is -1.68. The SMILES string of the molecule is CC(C)(C)C(=O)c1sc2ccccc2c1CC(=O)O. The number of benzene rings is 1. The van der Waals surface area contributed by atoms with Gasteiger partial charge in [0, 0.05) is 10.1 Å². The van der Waals surface area contributed by atoms with Gasteiger partial charge < -0.3 is 5.11 Å². The second-order valence-electron chi connectivity index (χ2n) is 5.56. The van der Waals surface area contributed by atoms with Crippen LogP contribution >= 0.6 is 11.3 Å². The zero-order chi connectivity index (χ0) is 14.2. The fourth-order valence-corrected chi connectivity index (χ4v) is 3.32. The van der Waals surface area contributed by atoms with Gasteiger partial charge in [-0.3, -0.25) is 9.59 Å². The molecule has 100 valence electrons. The molecule has 0 aliphatic carbocycles. The first kappa shape index (κ1) is 13.7. The molecule has 0 amide bonds. The minimum atomic E-state index is -0.911. The van der Waals surface area contributed by atoms with Crippen LogP contribution in [0.2, 0.25) is 0 Å². The lowest BCUT2D eigenvalue weighted by Gasteiger charge is -2.16. The van der Waals surface area contributed by atoms with Gasteiger partial charge in [0.25, 0.3) is 0 Å². The molecule has 0 bridgehead atoms. The average molecular weight is 276 g/mol. The third-order valence-electron chi connectivity index (χ3n) is 2.91. The standard InChI is InChI=1S/C15H16O3S/c1-15(2,3)14(18)13-10(8-12(16)17)9-6-4-5-7-11(9)19-13/h4-7H,8H2,1-3H3,(H,16,17). The monoisotopic (exact) mass is 276 g/mol. The molecule has 4 heteroatoms. The Morgan fingerprint density at radius 2 is 1.84 bits per heavy atom. The van der Waals surface area contributed by atoms with Crippen LogP contribution in [0.4, 0.5) is 0 Å². The summed E-state index contributed by atoms with van der Waals surface area (Å²) in [4.78, 5) is 24.1. The second kappa shape index (κ2) is 4.78. The van der Waals surface area contributed by atoms with E-state index in [1.54, 1.807) is 0 Å².